The molecule has 0 saturated carbocycles. The summed E-state index contributed by atoms with van der Waals surface area (Å²) >= 11 is 0. The number of guanidine groups is 1. The summed E-state index contributed by atoms with van der Waals surface area (Å²) in [5.41, 5.74) is 27.6. The van der Waals surface area contributed by atoms with Gasteiger partial charge in [0.2, 0.25) is 23.6 Å². The minimum absolute atomic E-state index is 0.00510. The first-order chi connectivity index (χ1) is 18.4. The first-order valence-corrected chi connectivity index (χ1v) is 12.3. The molecular formula is C22H39N11O6. The fraction of sp³-hybridized carbons (Fsp3) is 0.591. The molecule has 0 aliphatic heterocycles. The van der Waals surface area contributed by atoms with Gasteiger partial charge in [0.1, 0.15) is 18.1 Å². The molecule has 17 heteroatoms. The van der Waals surface area contributed by atoms with Crippen LogP contribution in [0.2, 0.25) is 0 Å². The molecule has 1 heterocycles. The fourth-order valence-electron chi connectivity index (χ4n) is 3.46. The number of nitrogens with one attached hydrogen (secondary N) is 4. The number of nitrogens with zero attached hydrogens (tertiary/aromatic N) is 2. The van der Waals surface area contributed by atoms with E-state index in [1.165, 1.54) is 12.5 Å². The molecule has 15 N–H and O–H groups in total. The predicted octanol–water partition coefficient (Wildman–Crippen LogP) is -4.12. The van der Waals surface area contributed by atoms with Crippen LogP contribution in [0.25, 0.3) is 0 Å². The van der Waals surface area contributed by atoms with Gasteiger partial charge in [-0.1, -0.05) is 0 Å². The van der Waals surface area contributed by atoms with Gasteiger partial charge in [0, 0.05) is 24.9 Å². The van der Waals surface area contributed by atoms with Gasteiger partial charge in [-0.15, -0.1) is 0 Å². The molecule has 218 valence electrons. The number of amides is 4. The molecule has 39 heavy (non-hydrogen) atoms. The quantitative estimate of drug-likeness (QED) is 0.0445. The Morgan fingerprint density at radius 1 is 0.923 bits per heavy atom. The van der Waals surface area contributed by atoms with E-state index in [0.717, 1.165) is 0 Å². The SMILES string of the molecule is NCCCCC(NC(=O)C(Cc1cnc[nH]1)NC(=O)C(N)CCCN=C(N)N)C(=O)NC(CC(N)=O)C(=O)O. The lowest BCUT2D eigenvalue weighted by atomic mass is 10.0. The Bertz CT molecular complexity index is 981. The number of imidazole rings is 1. The maximum Gasteiger partial charge on any atom is 0.326 e. The first-order valence-electron chi connectivity index (χ1n) is 12.3. The first kappa shape index (κ1) is 32.8. The van der Waals surface area contributed by atoms with Crippen molar-refractivity contribution in [1.29, 1.82) is 0 Å². The van der Waals surface area contributed by atoms with Gasteiger partial charge in [-0.3, -0.25) is 24.2 Å². The molecule has 0 radical (unpaired) electrons. The number of primary amides is 1. The van der Waals surface area contributed by atoms with Crippen LogP contribution in [0.3, 0.4) is 0 Å². The number of nitrogens with two attached hydrogens (primary N) is 5. The number of hydrogen-bond acceptors (Lipinski definition) is 9. The molecule has 1 aromatic rings. The Morgan fingerprint density at radius 2 is 1.56 bits per heavy atom. The molecule has 0 bridgehead atoms. The van der Waals surface area contributed by atoms with Gasteiger partial charge in [-0.25, -0.2) is 9.78 Å². The maximum absolute atomic E-state index is 13.3. The third kappa shape index (κ3) is 13.2. The molecule has 0 saturated heterocycles. The van der Waals surface area contributed by atoms with E-state index < -0.39 is 60.2 Å². The normalized spacial score (nSPS) is 13.8. The Labute approximate surface area is 225 Å². The summed E-state index contributed by atoms with van der Waals surface area (Å²) < 4.78 is 0. The number of unbranched alkanes of at least 4 members (excludes halogenated alkanes) is 1. The van der Waals surface area contributed by atoms with Crippen molar-refractivity contribution in [3.05, 3.63) is 18.2 Å². The van der Waals surface area contributed by atoms with E-state index >= 15 is 0 Å². The van der Waals surface area contributed by atoms with Crippen LogP contribution in [-0.2, 0) is 30.4 Å². The Hall–Kier alpha value is -4.25. The number of carboxylic acid groups (broad SMARTS) is 1. The van der Waals surface area contributed by atoms with Crippen molar-refractivity contribution in [3.63, 3.8) is 0 Å². The maximum atomic E-state index is 13.3. The number of hydrogen-bond donors (Lipinski definition) is 10. The topological polar surface area (TPSA) is 313 Å². The second-order valence-electron chi connectivity index (χ2n) is 8.81. The van der Waals surface area contributed by atoms with E-state index in [1.54, 1.807) is 0 Å². The van der Waals surface area contributed by atoms with Crippen LogP contribution >= 0.6 is 0 Å². The summed E-state index contributed by atoms with van der Waals surface area (Å²) in [5.74, 6) is -4.65. The highest BCUT2D eigenvalue weighted by Gasteiger charge is 2.31. The number of carbonyl (C=O) groups excluding carboxylic acids is 4. The zero-order valence-electron chi connectivity index (χ0n) is 21.6. The number of aromatic amines is 1. The lowest BCUT2D eigenvalue weighted by Gasteiger charge is -2.25. The van der Waals surface area contributed by atoms with Crippen LogP contribution in [0.1, 0.15) is 44.2 Å². The summed E-state index contributed by atoms with van der Waals surface area (Å²) in [6.07, 6.45) is 3.97. The van der Waals surface area contributed by atoms with E-state index in [0.29, 0.717) is 31.5 Å². The van der Waals surface area contributed by atoms with E-state index in [4.69, 9.17) is 28.7 Å². The molecule has 0 aromatic carbocycles. The van der Waals surface area contributed by atoms with Crippen LogP contribution in [-0.4, -0.2) is 87.9 Å². The summed E-state index contributed by atoms with van der Waals surface area (Å²) in [6.45, 7) is 0.606. The molecule has 4 unspecified atom stereocenters. The smallest absolute Gasteiger partial charge is 0.326 e. The molecule has 0 spiro atoms. The summed E-state index contributed by atoms with van der Waals surface area (Å²) in [6, 6.07) is -4.90. The van der Waals surface area contributed by atoms with Gasteiger partial charge in [-0.2, -0.15) is 0 Å². The van der Waals surface area contributed by atoms with E-state index in [-0.39, 0.29) is 31.8 Å². The predicted molar refractivity (Wildman–Crippen MR) is 140 cm³/mol. The average molecular weight is 554 g/mol. The van der Waals surface area contributed by atoms with Crippen molar-refractivity contribution in [2.45, 2.75) is 69.1 Å². The van der Waals surface area contributed by atoms with Crippen molar-refractivity contribution < 1.29 is 29.1 Å². The van der Waals surface area contributed by atoms with Gasteiger partial charge in [-0.05, 0) is 38.6 Å². The largest absolute Gasteiger partial charge is 0.480 e. The van der Waals surface area contributed by atoms with E-state index in [2.05, 4.69) is 30.9 Å². The van der Waals surface area contributed by atoms with Crippen molar-refractivity contribution in [1.82, 2.24) is 25.9 Å². The van der Waals surface area contributed by atoms with Gasteiger partial charge in [0.25, 0.3) is 0 Å². The van der Waals surface area contributed by atoms with Gasteiger partial charge in [0.05, 0.1) is 18.8 Å². The van der Waals surface area contributed by atoms with Crippen molar-refractivity contribution in [2.24, 2.45) is 33.7 Å². The van der Waals surface area contributed by atoms with Gasteiger partial charge < -0.3 is 54.7 Å². The number of rotatable bonds is 19. The minimum Gasteiger partial charge on any atom is -0.480 e. The fourth-order valence-corrected chi connectivity index (χ4v) is 3.46. The summed E-state index contributed by atoms with van der Waals surface area (Å²) in [4.78, 5) is 72.1. The van der Waals surface area contributed by atoms with E-state index in [9.17, 15) is 29.1 Å². The molecule has 0 aliphatic carbocycles. The minimum atomic E-state index is -1.58. The standard InChI is InChI=1S/C22H39N11O6/c23-6-2-1-5-14(19(36)33-16(21(38)39)9-17(25)34)31-20(37)15(8-12-10-28-11-30-12)32-18(35)13(24)4-3-7-29-22(26)27/h10-11,13-16H,1-9,23-24H2,(H2,25,34)(H,28,30)(H,31,37)(H,32,35)(H,33,36)(H,38,39)(H4,26,27,29). The van der Waals surface area contributed by atoms with Gasteiger partial charge >= 0.3 is 5.97 Å². The van der Waals surface area contributed by atoms with Crippen LogP contribution in [0.15, 0.2) is 17.5 Å². The Kier molecular flexibility index (Phi) is 14.5. The van der Waals surface area contributed by atoms with Crippen molar-refractivity contribution in [3.8, 4) is 0 Å². The third-order valence-electron chi connectivity index (χ3n) is 5.52. The molecule has 0 fully saturated rings. The molecule has 17 nitrogen and oxygen atoms in total. The number of aliphatic imine (C=N–C) groups is 1. The highest BCUT2D eigenvalue weighted by atomic mass is 16.4. The Morgan fingerprint density at radius 3 is 2.13 bits per heavy atom. The molecule has 4 atom stereocenters. The average Bonchev–Trinajstić information content (AvgIpc) is 3.37. The third-order valence-corrected chi connectivity index (χ3v) is 5.52. The van der Waals surface area contributed by atoms with E-state index in [1.807, 2.05) is 0 Å². The Balaban J connectivity index is 3.01. The monoisotopic (exact) mass is 553 g/mol. The zero-order valence-corrected chi connectivity index (χ0v) is 21.6. The zero-order chi connectivity index (χ0) is 29.4. The van der Waals surface area contributed by atoms with Crippen LogP contribution in [0, 0.1) is 0 Å². The number of aromatic nitrogens is 2. The van der Waals surface area contributed by atoms with Crippen molar-refractivity contribution in [2.75, 3.05) is 13.1 Å². The van der Waals surface area contributed by atoms with Crippen LogP contribution in [0.4, 0.5) is 0 Å². The summed E-state index contributed by atoms with van der Waals surface area (Å²) in [5, 5.41) is 16.7. The summed E-state index contributed by atoms with van der Waals surface area (Å²) in [7, 11) is 0. The molecular weight excluding hydrogens is 514 g/mol. The number of carboxylic acids is 1. The molecule has 0 aliphatic rings. The highest BCUT2D eigenvalue weighted by molar-refractivity contribution is 5.95. The van der Waals surface area contributed by atoms with Crippen molar-refractivity contribution >= 4 is 35.6 Å². The highest BCUT2D eigenvalue weighted by Crippen LogP contribution is 2.06. The number of carbonyl (C=O) groups is 5. The lowest BCUT2D eigenvalue weighted by molar-refractivity contribution is -0.143. The van der Waals surface area contributed by atoms with Crippen LogP contribution in [0.5, 0.6) is 0 Å². The lowest BCUT2D eigenvalue weighted by Crippen LogP contribution is -2.57. The number of H-pyrrole nitrogens is 1. The van der Waals surface area contributed by atoms with Crippen LogP contribution < -0.4 is 44.6 Å². The second kappa shape index (κ2) is 17.3. The number of aliphatic carboxylic acids is 1. The second-order valence-corrected chi connectivity index (χ2v) is 8.81. The molecule has 1 rings (SSSR count). The van der Waals surface area contributed by atoms with Gasteiger partial charge in [0.15, 0.2) is 5.96 Å². The molecule has 1 aromatic heterocycles. The molecule has 4 amide bonds.